The molecule has 1 aromatic carbocycles. The van der Waals surface area contributed by atoms with Crippen LogP contribution in [-0.2, 0) is 10.0 Å². The van der Waals surface area contributed by atoms with Gasteiger partial charge in [-0.1, -0.05) is 11.2 Å². The minimum atomic E-state index is -3.71. The maximum Gasteiger partial charge on any atom is 0.244 e. The van der Waals surface area contributed by atoms with Crippen molar-refractivity contribution in [2.45, 2.75) is 37.6 Å². The van der Waals surface area contributed by atoms with Crippen molar-refractivity contribution in [2.24, 2.45) is 0 Å². The Labute approximate surface area is 147 Å². The van der Waals surface area contributed by atoms with E-state index in [0.29, 0.717) is 18.1 Å². The van der Waals surface area contributed by atoms with Crippen LogP contribution >= 0.6 is 0 Å². The second-order valence-corrected chi connectivity index (χ2v) is 7.91. The molecule has 2 aromatic rings. The van der Waals surface area contributed by atoms with E-state index in [-0.39, 0.29) is 10.9 Å². The standard InChI is InChI=1S/C17H23N3O4S/c1-11-17(12(2)24-19-11)13-6-7-15(23-3)16(9-13)25(21,22)20-14-5-4-8-18-10-14/h6-7,9,14,18,20H,4-5,8,10H2,1-3H3/t14-/m1/s1. The van der Waals surface area contributed by atoms with E-state index < -0.39 is 10.0 Å². The number of piperidine rings is 1. The Morgan fingerprint density at radius 3 is 2.76 bits per heavy atom. The molecule has 1 aliphatic rings. The van der Waals surface area contributed by atoms with Crippen LogP contribution in [0.5, 0.6) is 5.75 Å². The third kappa shape index (κ3) is 3.70. The molecule has 0 bridgehead atoms. The molecule has 0 amide bonds. The Bertz CT molecular complexity index is 835. The van der Waals surface area contributed by atoms with Gasteiger partial charge in [-0.05, 0) is 50.9 Å². The molecule has 8 heteroatoms. The molecule has 3 rings (SSSR count). The molecular formula is C17H23N3O4S. The predicted molar refractivity (Wildman–Crippen MR) is 94.2 cm³/mol. The van der Waals surface area contributed by atoms with E-state index in [2.05, 4.69) is 15.2 Å². The molecule has 1 saturated heterocycles. The number of sulfonamides is 1. The number of rotatable bonds is 5. The lowest BCUT2D eigenvalue weighted by molar-refractivity contribution is 0.393. The number of nitrogens with zero attached hydrogens (tertiary/aromatic N) is 1. The summed E-state index contributed by atoms with van der Waals surface area (Å²) in [4.78, 5) is 0.123. The monoisotopic (exact) mass is 365 g/mol. The van der Waals surface area contributed by atoms with E-state index in [1.54, 1.807) is 19.1 Å². The van der Waals surface area contributed by atoms with Crippen molar-refractivity contribution in [3.63, 3.8) is 0 Å². The fraction of sp³-hybridized carbons (Fsp3) is 0.471. The summed E-state index contributed by atoms with van der Waals surface area (Å²) >= 11 is 0. The molecule has 136 valence electrons. The number of aryl methyl sites for hydroxylation is 2. The highest BCUT2D eigenvalue weighted by molar-refractivity contribution is 7.89. The van der Waals surface area contributed by atoms with Crippen molar-refractivity contribution in [1.29, 1.82) is 0 Å². The van der Waals surface area contributed by atoms with Crippen LogP contribution in [0.2, 0.25) is 0 Å². The summed E-state index contributed by atoms with van der Waals surface area (Å²) < 4.78 is 39.1. The lowest BCUT2D eigenvalue weighted by Gasteiger charge is -2.24. The van der Waals surface area contributed by atoms with Gasteiger partial charge in [0.1, 0.15) is 16.4 Å². The lowest BCUT2D eigenvalue weighted by Crippen LogP contribution is -2.45. The first-order valence-electron chi connectivity index (χ1n) is 8.26. The molecule has 1 atom stereocenters. The van der Waals surface area contributed by atoms with Crippen molar-refractivity contribution in [1.82, 2.24) is 15.2 Å². The van der Waals surface area contributed by atoms with Gasteiger partial charge in [-0.2, -0.15) is 0 Å². The van der Waals surface area contributed by atoms with Gasteiger partial charge in [0.05, 0.1) is 12.8 Å². The van der Waals surface area contributed by atoms with E-state index in [9.17, 15) is 8.42 Å². The van der Waals surface area contributed by atoms with Gasteiger partial charge in [-0.15, -0.1) is 0 Å². The third-order valence-electron chi connectivity index (χ3n) is 4.39. The average molecular weight is 365 g/mol. The molecule has 0 saturated carbocycles. The maximum atomic E-state index is 12.9. The number of methoxy groups -OCH3 is 1. The zero-order valence-corrected chi connectivity index (χ0v) is 15.4. The van der Waals surface area contributed by atoms with Crippen LogP contribution < -0.4 is 14.8 Å². The normalized spacial score (nSPS) is 18.3. The second-order valence-electron chi connectivity index (χ2n) is 6.23. The average Bonchev–Trinajstić information content (AvgIpc) is 2.93. The molecule has 7 nitrogen and oxygen atoms in total. The SMILES string of the molecule is COc1ccc(-c2c(C)noc2C)cc1S(=O)(=O)N[C@@H]1CCCNC1. The van der Waals surface area contributed by atoms with Gasteiger partial charge in [0.25, 0.3) is 0 Å². The molecule has 1 aromatic heterocycles. The van der Waals surface area contributed by atoms with Crippen molar-refractivity contribution in [2.75, 3.05) is 20.2 Å². The summed E-state index contributed by atoms with van der Waals surface area (Å²) in [5, 5.41) is 7.15. The molecule has 0 radical (unpaired) electrons. The molecular weight excluding hydrogens is 342 g/mol. The summed E-state index contributed by atoms with van der Waals surface area (Å²) in [5.41, 5.74) is 2.26. The lowest BCUT2D eigenvalue weighted by atomic mass is 10.0. The van der Waals surface area contributed by atoms with Crippen LogP contribution in [0, 0.1) is 13.8 Å². The number of aromatic nitrogens is 1. The van der Waals surface area contributed by atoms with Gasteiger partial charge in [0.2, 0.25) is 10.0 Å². The number of benzene rings is 1. The molecule has 1 fully saturated rings. The van der Waals surface area contributed by atoms with Crippen molar-refractivity contribution in [3.8, 4) is 16.9 Å². The van der Waals surface area contributed by atoms with E-state index >= 15 is 0 Å². The summed E-state index contributed by atoms with van der Waals surface area (Å²) in [6.45, 7) is 5.18. The molecule has 1 aliphatic heterocycles. The Hall–Kier alpha value is -1.90. The Balaban J connectivity index is 2.00. The first-order valence-corrected chi connectivity index (χ1v) is 9.75. The number of hydrogen-bond donors (Lipinski definition) is 2. The van der Waals surface area contributed by atoms with E-state index in [1.807, 2.05) is 13.0 Å². The van der Waals surface area contributed by atoms with E-state index in [1.165, 1.54) is 7.11 Å². The first kappa shape index (κ1) is 17.9. The van der Waals surface area contributed by atoms with Crippen LogP contribution in [0.4, 0.5) is 0 Å². The summed E-state index contributed by atoms with van der Waals surface area (Å²) in [6, 6.07) is 4.97. The largest absolute Gasteiger partial charge is 0.495 e. The fourth-order valence-corrected chi connectivity index (χ4v) is 4.64. The summed E-state index contributed by atoms with van der Waals surface area (Å²) in [7, 11) is -2.24. The Kier molecular flexibility index (Phi) is 5.12. The van der Waals surface area contributed by atoms with Gasteiger partial charge < -0.3 is 14.6 Å². The zero-order chi connectivity index (χ0) is 18.0. The molecule has 0 aliphatic carbocycles. The van der Waals surface area contributed by atoms with Crippen LogP contribution in [0.3, 0.4) is 0 Å². The molecule has 25 heavy (non-hydrogen) atoms. The third-order valence-corrected chi connectivity index (χ3v) is 5.94. The number of hydrogen-bond acceptors (Lipinski definition) is 6. The topological polar surface area (TPSA) is 93.5 Å². The van der Waals surface area contributed by atoms with Gasteiger partial charge in [-0.3, -0.25) is 0 Å². The summed E-state index contributed by atoms with van der Waals surface area (Å²) in [5.74, 6) is 0.960. The van der Waals surface area contributed by atoms with Crippen molar-refractivity contribution < 1.29 is 17.7 Å². The second kappa shape index (κ2) is 7.15. The van der Waals surface area contributed by atoms with Crippen LogP contribution in [0.1, 0.15) is 24.3 Å². The van der Waals surface area contributed by atoms with Crippen molar-refractivity contribution in [3.05, 3.63) is 29.7 Å². The predicted octanol–water partition coefficient (Wildman–Crippen LogP) is 2.00. The minimum absolute atomic E-state index is 0.119. The van der Waals surface area contributed by atoms with Crippen LogP contribution in [0.15, 0.2) is 27.6 Å². The van der Waals surface area contributed by atoms with Crippen LogP contribution in [0.25, 0.3) is 11.1 Å². The van der Waals surface area contributed by atoms with E-state index in [4.69, 9.17) is 9.26 Å². The highest BCUT2D eigenvalue weighted by atomic mass is 32.2. The van der Waals surface area contributed by atoms with Gasteiger partial charge in [0, 0.05) is 18.2 Å². The Morgan fingerprint density at radius 2 is 2.16 bits per heavy atom. The quantitative estimate of drug-likeness (QED) is 0.842. The Morgan fingerprint density at radius 1 is 1.36 bits per heavy atom. The zero-order valence-electron chi connectivity index (χ0n) is 14.6. The molecule has 0 unspecified atom stereocenters. The van der Waals surface area contributed by atoms with Crippen molar-refractivity contribution >= 4 is 10.0 Å². The number of ether oxygens (including phenoxy) is 1. The smallest absolute Gasteiger partial charge is 0.244 e. The molecule has 0 spiro atoms. The van der Waals surface area contributed by atoms with Gasteiger partial charge in [0.15, 0.2) is 0 Å². The van der Waals surface area contributed by atoms with E-state index in [0.717, 1.165) is 36.2 Å². The molecule has 2 heterocycles. The summed E-state index contributed by atoms with van der Waals surface area (Å²) in [6.07, 6.45) is 1.77. The fourth-order valence-electron chi connectivity index (χ4n) is 3.17. The highest BCUT2D eigenvalue weighted by Gasteiger charge is 2.26. The van der Waals surface area contributed by atoms with Gasteiger partial charge >= 0.3 is 0 Å². The highest BCUT2D eigenvalue weighted by Crippen LogP contribution is 2.33. The maximum absolute atomic E-state index is 12.9. The van der Waals surface area contributed by atoms with Gasteiger partial charge in [-0.25, -0.2) is 13.1 Å². The van der Waals surface area contributed by atoms with Crippen LogP contribution in [-0.4, -0.2) is 39.8 Å². The molecule has 2 N–H and O–H groups in total. The number of nitrogens with one attached hydrogen (secondary N) is 2. The first-order chi connectivity index (χ1) is 11.9. The minimum Gasteiger partial charge on any atom is -0.495 e.